The topological polar surface area (TPSA) is 49.3 Å². The maximum Gasteiger partial charge on any atom is 0.225 e. The van der Waals surface area contributed by atoms with E-state index in [-0.39, 0.29) is 11.3 Å². The van der Waals surface area contributed by atoms with Gasteiger partial charge in [-0.1, -0.05) is 51.1 Å². The minimum absolute atomic E-state index is 0.0288. The number of aliphatic hydroxyl groups is 1. The van der Waals surface area contributed by atoms with Gasteiger partial charge in [-0.15, -0.1) is 11.3 Å². The van der Waals surface area contributed by atoms with E-state index >= 15 is 0 Å². The Kier molecular flexibility index (Phi) is 4.80. The molecule has 1 amide bonds. The third kappa shape index (κ3) is 4.16. The maximum atomic E-state index is 11.8. The average Bonchev–Trinajstić information content (AvgIpc) is 2.92. The molecule has 1 heterocycles. The molecule has 0 spiro atoms. The predicted octanol–water partition coefficient (Wildman–Crippen LogP) is 3.49. The minimum Gasteiger partial charge on any atom is -0.383 e. The molecule has 3 nitrogen and oxygen atoms in total. The number of aliphatic hydroxyl groups excluding tert-OH is 1. The molecule has 0 aliphatic rings. The summed E-state index contributed by atoms with van der Waals surface area (Å²) in [5.41, 5.74) is 0.494. The lowest BCUT2D eigenvalue weighted by Gasteiger charge is -2.17. The summed E-state index contributed by atoms with van der Waals surface area (Å²) in [6, 6.07) is 13.4. The Morgan fingerprint density at radius 3 is 2.48 bits per heavy atom. The van der Waals surface area contributed by atoms with Gasteiger partial charge in [-0.05, 0) is 17.7 Å². The summed E-state index contributed by atoms with van der Waals surface area (Å²) in [5, 5.41) is 13.3. The summed E-state index contributed by atoms with van der Waals surface area (Å²) >= 11 is 1.52. The predicted molar refractivity (Wildman–Crippen MR) is 86.1 cm³/mol. The van der Waals surface area contributed by atoms with Gasteiger partial charge < -0.3 is 10.4 Å². The Morgan fingerprint density at radius 1 is 1.19 bits per heavy atom. The van der Waals surface area contributed by atoms with Crippen LogP contribution in [0.25, 0.3) is 0 Å². The molecule has 0 saturated heterocycles. The van der Waals surface area contributed by atoms with Gasteiger partial charge in [0.1, 0.15) is 6.10 Å². The summed E-state index contributed by atoms with van der Waals surface area (Å²) in [7, 11) is 0. The van der Waals surface area contributed by atoms with Gasteiger partial charge in [0.2, 0.25) is 5.91 Å². The first-order valence-corrected chi connectivity index (χ1v) is 7.79. The molecule has 1 aromatic carbocycles. The van der Waals surface area contributed by atoms with Crippen LogP contribution in [0.3, 0.4) is 0 Å². The molecule has 21 heavy (non-hydrogen) atoms. The molecule has 2 aromatic rings. The zero-order valence-electron chi connectivity index (χ0n) is 12.6. The average molecular weight is 303 g/mol. The van der Waals surface area contributed by atoms with Crippen LogP contribution in [0.4, 0.5) is 0 Å². The van der Waals surface area contributed by atoms with Crippen molar-refractivity contribution in [3.63, 3.8) is 0 Å². The van der Waals surface area contributed by atoms with E-state index in [1.54, 1.807) is 0 Å². The maximum absolute atomic E-state index is 11.8. The van der Waals surface area contributed by atoms with E-state index in [9.17, 15) is 9.90 Å². The van der Waals surface area contributed by atoms with Crippen molar-refractivity contribution in [1.29, 1.82) is 0 Å². The van der Waals surface area contributed by atoms with Crippen LogP contribution in [0.5, 0.6) is 0 Å². The smallest absolute Gasteiger partial charge is 0.225 e. The van der Waals surface area contributed by atoms with Crippen LogP contribution in [-0.2, 0) is 11.3 Å². The van der Waals surface area contributed by atoms with E-state index in [0.717, 1.165) is 15.3 Å². The van der Waals surface area contributed by atoms with Crippen molar-refractivity contribution in [3.05, 3.63) is 57.8 Å². The second-order valence-electron chi connectivity index (χ2n) is 6.05. The Morgan fingerprint density at radius 2 is 1.86 bits per heavy atom. The summed E-state index contributed by atoms with van der Waals surface area (Å²) in [6.45, 7) is 6.17. The van der Waals surface area contributed by atoms with Crippen molar-refractivity contribution in [3.8, 4) is 0 Å². The Hall–Kier alpha value is -1.65. The number of hydrogen-bond donors (Lipinski definition) is 2. The molecule has 1 atom stereocenters. The first-order chi connectivity index (χ1) is 9.88. The molecule has 0 unspecified atom stereocenters. The summed E-state index contributed by atoms with van der Waals surface area (Å²) in [4.78, 5) is 13.8. The normalized spacial score (nSPS) is 13.0. The second kappa shape index (κ2) is 6.41. The minimum atomic E-state index is -0.608. The van der Waals surface area contributed by atoms with Gasteiger partial charge in [-0.25, -0.2) is 0 Å². The fourth-order valence-corrected chi connectivity index (χ4v) is 2.84. The van der Waals surface area contributed by atoms with Crippen LogP contribution < -0.4 is 5.32 Å². The van der Waals surface area contributed by atoms with Crippen molar-refractivity contribution < 1.29 is 9.90 Å². The standard InChI is InChI=1S/C17H21NO2S/c1-17(2,3)16(20)18-11-13-9-10-14(21-13)15(19)12-7-5-4-6-8-12/h4-10,15,19H,11H2,1-3H3,(H,18,20)/t15-/m1/s1. The van der Waals surface area contributed by atoms with Gasteiger partial charge >= 0.3 is 0 Å². The molecule has 112 valence electrons. The number of carbonyl (C=O) groups excluding carboxylic acids is 1. The van der Waals surface area contributed by atoms with Crippen LogP contribution in [0.1, 0.15) is 42.2 Å². The number of rotatable bonds is 4. The van der Waals surface area contributed by atoms with Crippen LogP contribution in [0, 0.1) is 5.41 Å². The molecular formula is C17H21NO2S. The van der Waals surface area contributed by atoms with Crippen molar-refractivity contribution in [2.45, 2.75) is 33.4 Å². The van der Waals surface area contributed by atoms with Crippen molar-refractivity contribution in [1.82, 2.24) is 5.32 Å². The third-order valence-electron chi connectivity index (χ3n) is 3.17. The van der Waals surface area contributed by atoms with Gasteiger partial charge in [-0.3, -0.25) is 4.79 Å². The summed E-state index contributed by atoms with van der Waals surface area (Å²) in [6.07, 6.45) is -0.608. The molecular weight excluding hydrogens is 282 g/mol. The largest absolute Gasteiger partial charge is 0.383 e. The molecule has 2 N–H and O–H groups in total. The van der Waals surface area contributed by atoms with Gasteiger partial charge in [0.15, 0.2) is 0 Å². The first kappa shape index (κ1) is 15.7. The lowest BCUT2D eigenvalue weighted by atomic mass is 9.96. The van der Waals surface area contributed by atoms with Gasteiger partial charge in [0, 0.05) is 15.2 Å². The molecule has 0 aliphatic carbocycles. The van der Waals surface area contributed by atoms with Crippen molar-refractivity contribution in [2.24, 2.45) is 5.41 Å². The number of nitrogens with one attached hydrogen (secondary N) is 1. The number of benzene rings is 1. The fourth-order valence-electron chi connectivity index (χ4n) is 1.87. The van der Waals surface area contributed by atoms with E-state index in [2.05, 4.69) is 5.32 Å². The quantitative estimate of drug-likeness (QED) is 0.908. The SMILES string of the molecule is CC(C)(C)C(=O)NCc1ccc([C@H](O)c2ccccc2)s1. The zero-order valence-corrected chi connectivity index (χ0v) is 13.4. The van der Waals surface area contributed by atoms with Crippen molar-refractivity contribution in [2.75, 3.05) is 0 Å². The molecule has 0 radical (unpaired) electrons. The highest BCUT2D eigenvalue weighted by molar-refractivity contribution is 7.12. The number of hydrogen-bond acceptors (Lipinski definition) is 3. The van der Waals surface area contributed by atoms with Crippen LogP contribution in [-0.4, -0.2) is 11.0 Å². The molecule has 0 saturated carbocycles. The van der Waals surface area contributed by atoms with E-state index in [4.69, 9.17) is 0 Å². The molecule has 0 aliphatic heterocycles. The van der Waals surface area contributed by atoms with Crippen molar-refractivity contribution >= 4 is 17.2 Å². The van der Waals surface area contributed by atoms with Gasteiger partial charge in [0.25, 0.3) is 0 Å². The molecule has 0 bridgehead atoms. The second-order valence-corrected chi connectivity index (χ2v) is 7.25. The van der Waals surface area contributed by atoms with Gasteiger partial charge in [-0.2, -0.15) is 0 Å². The van der Waals surface area contributed by atoms with E-state index in [0.29, 0.717) is 6.54 Å². The number of thiophene rings is 1. The Balaban J connectivity index is 2.00. The molecule has 4 heteroatoms. The van der Waals surface area contributed by atoms with Crippen LogP contribution >= 0.6 is 11.3 Å². The van der Waals surface area contributed by atoms with E-state index in [1.807, 2.05) is 63.2 Å². The van der Waals surface area contributed by atoms with E-state index in [1.165, 1.54) is 11.3 Å². The van der Waals surface area contributed by atoms with Gasteiger partial charge in [0.05, 0.1) is 6.54 Å². The molecule has 0 fully saturated rings. The first-order valence-electron chi connectivity index (χ1n) is 6.98. The Labute approximate surface area is 129 Å². The monoisotopic (exact) mass is 303 g/mol. The lowest BCUT2D eigenvalue weighted by Crippen LogP contribution is -2.34. The van der Waals surface area contributed by atoms with Crippen LogP contribution in [0.2, 0.25) is 0 Å². The fraction of sp³-hybridized carbons (Fsp3) is 0.353. The van der Waals surface area contributed by atoms with E-state index < -0.39 is 6.10 Å². The third-order valence-corrected chi connectivity index (χ3v) is 4.31. The molecule has 2 rings (SSSR count). The number of carbonyl (C=O) groups is 1. The summed E-state index contributed by atoms with van der Waals surface area (Å²) < 4.78 is 0. The Bertz CT molecular complexity index is 599. The molecule has 1 aromatic heterocycles. The highest BCUT2D eigenvalue weighted by atomic mass is 32.1. The highest BCUT2D eigenvalue weighted by Gasteiger charge is 2.21. The lowest BCUT2D eigenvalue weighted by molar-refractivity contribution is -0.128. The van der Waals surface area contributed by atoms with Crippen LogP contribution in [0.15, 0.2) is 42.5 Å². The zero-order chi connectivity index (χ0) is 15.5. The number of amides is 1. The summed E-state index contributed by atoms with van der Waals surface area (Å²) in [5.74, 6) is 0.0288. The highest BCUT2D eigenvalue weighted by Crippen LogP contribution is 2.28.